The number of urea groups is 1. The van der Waals surface area contributed by atoms with Crippen molar-refractivity contribution in [2.45, 2.75) is 13.0 Å². The summed E-state index contributed by atoms with van der Waals surface area (Å²) in [5.74, 6) is 0.252. The summed E-state index contributed by atoms with van der Waals surface area (Å²) in [7, 11) is 0. The number of aromatic nitrogens is 2. The molecular formula is C21H20N4O2S. The van der Waals surface area contributed by atoms with Crippen molar-refractivity contribution < 1.29 is 9.90 Å². The summed E-state index contributed by atoms with van der Waals surface area (Å²) in [6.45, 7) is 1.02. The zero-order chi connectivity index (χ0) is 19.3. The van der Waals surface area contributed by atoms with Gasteiger partial charge in [-0.2, -0.15) is 0 Å². The van der Waals surface area contributed by atoms with Crippen molar-refractivity contribution in [2.24, 2.45) is 0 Å². The third kappa shape index (κ3) is 3.84. The fraction of sp³-hybridized carbons (Fsp3) is 0.143. The molecule has 4 aromatic rings. The van der Waals surface area contributed by atoms with Gasteiger partial charge in [-0.1, -0.05) is 48.5 Å². The van der Waals surface area contributed by atoms with Crippen LogP contribution in [0, 0.1) is 0 Å². The van der Waals surface area contributed by atoms with Gasteiger partial charge in [-0.3, -0.25) is 5.32 Å². The van der Waals surface area contributed by atoms with E-state index >= 15 is 0 Å². The minimum absolute atomic E-state index is 0.252. The number of thiazole rings is 1. The Balaban J connectivity index is 1.53. The highest BCUT2D eigenvalue weighted by molar-refractivity contribution is 7.13. The molecular weight excluding hydrogens is 372 g/mol. The first-order valence-corrected chi connectivity index (χ1v) is 9.87. The number of nitrogens with one attached hydrogen (secondary N) is 2. The van der Waals surface area contributed by atoms with Crippen LogP contribution in [-0.2, 0) is 13.0 Å². The SMILES string of the molecule is O=C(NCCc1c2ccccc2c(O)n1Cc1ccccc1)Nc1nccs1. The number of benzene rings is 2. The molecule has 0 atom stereocenters. The van der Waals surface area contributed by atoms with Crippen molar-refractivity contribution in [1.82, 2.24) is 14.9 Å². The average molecular weight is 392 g/mol. The lowest BCUT2D eigenvalue weighted by Crippen LogP contribution is -2.30. The van der Waals surface area contributed by atoms with Crippen molar-refractivity contribution in [1.29, 1.82) is 0 Å². The largest absolute Gasteiger partial charge is 0.494 e. The number of rotatable bonds is 6. The normalized spacial score (nSPS) is 10.9. The van der Waals surface area contributed by atoms with E-state index in [-0.39, 0.29) is 11.9 Å². The van der Waals surface area contributed by atoms with Gasteiger partial charge in [0.2, 0.25) is 0 Å². The summed E-state index contributed by atoms with van der Waals surface area (Å²) in [4.78, 5) is 16.1. The van der Waals surface area contributed by atoms with Crippen LogP contribution in [-0.4, -0.2) is 27.2 Å². The standard InChI is InChI=1S/C21H20N4O2S/c26-19-17-9-5-4-8-16(17)18(25(19)14-15-6-2-1-3-7-15)10-11-22-20(27)24-21-23-12-13-28-21/h1-9,12-13,26H,10-11,14H2,(H2,22,23,24,27). The molecule has 7 heteroatoms. The molecule has 142 valence electrons. The number of aromatic hydroxyl groups is 1. The summed E-state index contributed by atoms with van der Waals surface area (Å²) in [5.41, 5.74) is 2.10. The number of amides is 2. The van der Waals surface area contributed by atoms with Gasteiger partial charge in [0.1, 0.15) is 0 Å². The Labute approximate surface area is 166 Å². The molecule has 2 aromatic carbocycles. The Kier molecular flexibility index (Phi) is 5.25. The molecule has 4 rings (SSSR count). The first-order valence-electron chi connectivity index (χ1n) is 8.99. The van der Waals surface area contributed by atoms with E-state index < -0.39 is 0 Å². The van der Waals surface area contributed by atoms with Crippen LogP contribution in [0.2, 0.25) is 0 Å². The molecule has 0 bridgehead atoms. The van der Waals surface area contributed by atoms with Crippen molar-refractivity contribution in [3.05, 3.63) is 77.4 Å². The second-order valence-electron chi connectivity index (χ2n) is 6.36. The number of nitrogens with zero attached hydrogens (tertiary/aromatic N) is 2. The van der Waals surface area contributed by atoms with E-state index in [4.69, 9.17) is 0 Å². The molecule has 0 spiro atoms. The lowest BCUT2D eigenvalue weighted by Gasteiger charge is -2.12. The van der Waals surface area contributed by atoms with Crippen LogP contribution in [0.4, 0.5) is 9.93 Å². The van der Waals surface area contributed by atoms with Crippen molar-refractivity contribution in [3.63, 3.8) is 0 Å². The number of carbonyl (C=O) groups is 1. The highest BCUT2D eigenvalue weighted by atomic mass is 32.1. The first kappa shape index (κ1) is 18.1. The highest BCUT2D eigenvalue weighted by Crippen LogP contribution is 2.32. The monoisotopic (exact) mass is 392 g/mol. The van der Waals surface area contributed by atoms with Crippen molar-refractivity contribution in [3.8, 4) is 5.88 Å². The molecule has 0 saturated heterocycles. The molecule has 6 nitrogen and oxygen atoms in total. The van der Waals surface area contributed by atoms with Gasteiger partial charge < -0.3 is 15.0 Å². The van der Waals surface area contributed by atoms with Crippen LogP contribution in [0.15, 0.2) is 66.2 Å². The number of hydrogen-bond acceptors (Lipinski definition) is 4. The van der Waals surface area contributed by atoms with Crippen LogP contribution in [0.25, 0.3) is 10.8 Å². The maximum Gasteiger partial charge on any atom is 0.321 e. The summed E-state index contributed by atoms with van der Waals surface area (Å²) in [6, 6.07) is 17.5. The summed E-state index contributed by atoms with van der Waals surface area (Å²) in [6.07, 6.45) is 2.24. The van der Waals surface area contributed by atoms with Gasteiger partial charge in [0.25, 0.3) is 0 Å². The number of hydrogen-bond donors (Lipinski definition) is 3. The minimum atomic E-state index is -0.287. The average Bonchev–Trinajstić information content (AvgIpc) is 3.31. The van der Waals surface area contributed by atoms with Gasteiger partial charge in [-0.15, -0.1) is 11.3 Å². The first-order chi connectivity index (χ1) is 13.7. The van der Waals surface area contributed by atoms with E-state index in [0.29, 0.717) is 24.6 Å². The predicted molar refractivity (Wildman–Crippen MR) is 112 cm³/mol. The smallest absolute Gasteiger partial charge is 0.321 e. The molecule has 28 heavy (non-hydrogen) atoms. The van der Waals surface area contributed by atoms with E-state index in [1.807, 2.05) is 59.2 Å². The van der Waals surface area contributed by atoms with Crippen molar-refractivity contribution in [2.75, 3.05) is 11.9 Å². The molecule has 2 amide bonds. The molecule has 3 N–H and O–H groups in total. The van der Waals surface area contributed by atoms with Gasteiger partial charge in [-0.05, 0) is 11.6 Å². The Hall–Kier alpha value is -3.32. The van der Waals surface area contributed by atoms with Gasteiger partial charge in [0.05, 0.1) is 6.54 Å². The van der Waals surface area contributed by atoms with Crippen LogP contribution in [0.3, 0.4) is 0 Å². The van der Waals surface area contributed by atoms with Crippen molar-refractivity contribution >= 4 is 33.3 Å². The van der Waals surface area contributed by atoms with E-state index in [0.717, 1.165) is 22.0 Å². The Morgan fingerprint density at radius 1 is 1.07 bits per heavy atom. The van der Waals surface area contributed by atoms with Gasteiger partial charge in [0.15, 0.2) is 11.0 Å². The number of carbonyl (C=O) groups excluding carboxylic acids is 1. The Morgan fingerprint density at radius 2 is 1.82 bits per heavy atom. The van der Waals surface area contributed by atoms with Crippen LogP contribution in [0.1, 0.15) is 11.3 Å². The predicted octanol–water partition coefficient (Wildman–Crippen LogP) is 4.22. The van der Waals surface area contributed by atoms with E-state index in [2.05, 4.69) is 15.6 Å². The maximum absolute atomic E-state index is 12.0. The molecule has 0 fully saturated rings. The van der Waals surface area contributed by atoms with Gasteiger partial charge in [0, 0.05) is 41.0 Å². The molecule has 0 unspecified atom stereocenters. The molecule has 0 aliphatic carbocycles. The van der Waals surface area contributed by atoms with Gasteiger partial charge >= 0.3 is 6.03 Å². The Bertz CT molecular complexity index is 1070. The van der Waals surface area contributed by atoms with E-state index in [1.54, 1.807) is 11.6 Å². The second kappa shape index (κ2) is 8.14. The lowest BCUT2D eigenvalue weighted by atomic mass is 10.1. The van der Waals surface area contributed by atoms with E-state index in [9.17, 15) is 9.90 Å². The molecule has 0 aliphatic rings. The third-order valence-corrected chi connectivity index (χ3v) is 5.23. The highest BCUT2D eigenvalue weighted by Gasteiger charge is 2.16. The third-order valence-electron chi connectivity index (χ3n) is 4.54. The number of fused-ring (bicyclic) bond motifs is 1. The molecule has 2 heterocycles. The lowest BCUT2D eigenvalue weighted by molar-refractivity contribution is 0.252. The molecule has 0 saturated carbocycles. The van der Waals surface area contributed by atoms with Crippen LogP contribution >= 0.6 is 11.3 Å². The fourth-order valence-corrected chi connectivity index (χ4v) is 3.80. The fourth-order valence-electron chi connectivity index (χ4n) is 3.28. The van der Waals surface area contributed by atoms with Crippen LogP contribution < -0.4 is 10.6 Å². The number of anilines is 1. The topological polar surface area (TPSA) is 79.2 Å². The molecule has 0 radical (unpaired) electrons. The summed E-state index contributed by atoms with van der Waals surface area (Å²) >= 11 is 1.37. The molecule has 2 aromatic heterocycles. The zero-order valence-electron chi connectivity index (χ0n) is 15.1. The Morgan fingerprint density at radius 3 is 2.57 bits per heavy atom. The maximum atomic E-state index is 12.0. The van der Waals surface area contributed by atoms with Gasteiger partial charge in [-0.25, -0.2) is 9.78 Å². The summed E-state index contributed by atoms with van der Waals surface area (Å²) < 4.78 is 1.92. The molecule has 0 aliphatic heterocycles. The van der Waals surface area contributed by atoms with E-state index in [1.165, 1.54) is 11.3 Å². The zero-order valence-corrected chi connectivity index (χ0v) is 15.9. The summed E-state index contributed by atoms with van der Waals surface area (Å²) in [5, 5.41) is 20.5. The minimum Gasteiger partial charge on any atom is -0.494 e. The second-order valence-corrected chi connectivity index (χ2v) is 7.25. The van der Waals surface area contributed by atoms with Crippen LogP contribution in [0.5, 0.6) is 5.88 Å². The quantitative estimate of drug-likeness (QED) is 0.460.